The quantitative estimate of drug-likeness (QED) is 0.641. The van der Waals surface area contributed by atoms with Crippen molar-refractivity contribution in [2.45, 2.75) is 99.0 Å². The van der Waals surface area contributed by atoms with Crippen molar-refractivity contribution in [3.8, 4) is 0 Å². The van der Waals surface area contributed by atoms with Crippen LogP contribution in [-0.2, 0) is 14.4 Å². The molecular weight excluding hydrogens is 404 g/mol. The summed E-state index contributed by atoms with van der Waals surface area (Å²) < 4.78 is 0. The highest BCUT2D eigenvalue weighted by Crippen LogP contribution is 2.73. The number of aliphatic hydroxyl groups is 1. The van der Waals surface area contributed by atoms with Crippen LogP contribution in [0.4, 0.5) is 0 Å². The van der Waals surface area contributed by atoms with Gasteiger partial charge in [-0.05, 0) is 71.5 Å². The number of carboxylic acids is 1. The van der Waals surface area contributed by atoms with Crippen LogP contribution in [-0.4, -0.2) is 33.9 Å². The largest absolute Gasteiger partial charge is 0.481 e. The van der Waals surface area contributed by atoms with Crippen molar-refractivity contribution in [2.75, 3.05) is 0 Å². The Kier molecular flexibility index (Phi) is 5.52. The van der Waals surface area contributed by atoms with Crippen LogP contribution in [0.2, 0.25) is 0 Å². The first-order chi connectivity index (χ1) is 14.7. The summed E-state index contributed by atoms with van der Waals surface area (Å²) in [5.74, 6) is -0.320. The van der Waals surface area contributed by atoms with Crippen molar-refractivity contribution in [3.63, 3.8) is 0 Å². The van der Waals surface area contributed by atoms with Crippen molar-refractivity contribution in [1.82, 2.24) is 0 Å². The zero-order valence-corrected chi connectivity index (χ0v) is 20.7. The second kappa shape index (κ2) is 7.38. The van der Waals surface area contributed by atoms with Crippen LogP contribution in [0, 0.1) is 51.2 Å². The molecule has 5 heteroatoms. The first kappa shape index (κ1) is 23.9. The van der Waals surface area contributed by atoms with Gasteiger partial charge in [-0.1, -0.05) is 41.5 Å². The Morgan fingerprint density at radius 3 is 2.28 bits per heavy atom. The molecule has 0 bridgehead atoms. The number of fused-ring (bicyclic) bond motifs is 5. The maximum absolute atomic E-state index is 13.9. The van der Waals surface area contributed by atoms with E-state index in [1.54, 1.807) is 0 Å². The molecule has 0 aliphatic heterocycles. The van der Waals surface area contributed by atoms with Gasteiger partial charge in [0, 0.05) is 31.1 Å². The van der Waals surface area contributed by atoms with Crippen molar-refractivity contribution in [1.29, 1.82) is 0 Å². The molecule has 9 atom stereocenters. The molecule has 2 N–H and O–H groups in total. The molecule has 0 spiro atoms. The van der Waals surface area contributed by atoms with E-state index in [1.165, 1.54) is 0 Å². The summed E-state index contributed by atoms with van der Waals surface area (Å²) >= 11 is 0. The van der Waals surface area contributed by atoms with Crippen LogP contribution in [0.25, 0.3) is 0 Å². The number of carboxylic acid groups (broad SMARTS) is 1. The summed E-state index contributed by atoms with van der Waals surface area (Å²) in [6, 6.07) is 0. The number of Topliss-reactive ketones (excluding diaryl/α,β-unsaturated/α-hetero) is 2. The standard InChI is InChI=1S/C27H42O5/c1-15(7-8-21(31)32)16-9-12-26(5)23-17(28)13-19-24(2,3)20(30)10-11-25(19,4)22(23)18(29)14-27(16,26)6/h15-16,19-20,22-23,30H,7-14H2,1-6H3,(H,31,32)/t15-,16-,19-,20+,22+,23-,25+,26+,27-/m1/s1. The minimum absolute atomic E-state index is 0.0242. The molecular formula is C27H42O5. The molecule has 0 unspecified atom stereocenters. The van der Waals surface area contributed by atoms with Crippen LogP contribution in [0.15, 0.2) is 0 Å². The van der Waals surface area contributed by atoms with Gasteiger partial charge >= 0.3 is 5.97 Å². The summed E-state index contributed by atoms with van der Waals surface area (Å²) in [6.45, 7) is 13.0. The van der Waals surface area contributed by atoms with E-state index in [1.807, 2.05) is 0 Å². The molecule has 5 nitrogen and oxygen atoms in total. The van der Waals surface area contributed by atoms with Crippen molar-refractivity contribution in [3.05, 3.63) is 0 Å². The van der Waals surface area contributed by atoms with E-state index in [0.717, 1.165) is 19.3 Å². The zero-order chi connectivity index (χ0) is 23.9. The van der Waals surface area contributed by atoms with Gasteiger partial charge in [-0.15, -0.1) is 0 Å². The van der Waals surface area contributed by atoms with E-state index < -0.39 is 12.1 Å². The van der Waals surface area contributed by atoms with Gasteiger partial charge in [0.15, 0.2) is 0 Å². The third-order valence-electron chi connectivity index (χ3n) is 11.5. The monoisotopic (exact) mass is 446 g/mol. The number of hydrogen-bond donors (Lipinski definition) is 2. The Bertz CT molecular complexity index is 832. The average molecular weight is 447 g/mol. The molecule has 0 amide bonds. The molecule has 4 aliphatic carbocycles. The Morgan fingerprint density at radius 2 is 1.66 bits per heavy atom. The summed E-state index contributed by atoms with van der Waals surface area (Å²) in [5.41, 5.74) is -1.14. The fraction of sp³-hybridized carbons (Fsp3) is 0.889. The number of rotatable bonds is 4. The molecule has 32 heavy (non-hydrogen) atoms. The summed E-state index contributed by atoms with van der Waals surface area (Å²) in [5, 5.41) is 19.9. The predicted molar refractivity (Wildman–Crippen MR) is 122 cm³/mol. The van der Waals surface area contributed by atoms with Crippen LogP contribution in [0.5, 0.6) is 0 Å². The molecule has 0 heterocycles. The molecule has 4 aliphatic rings. The molecule has 4 saturated carbocycles. The Balaban J connectivity index is 1.72. The van der Waals surface area contributed by atoms with E-state index >= 15 is 0 Å². The number of carbonyl (C=O) groups excluding carboxylic acids is 2. The maximum Gasteiger partial charge on any atom is 0.303 e. The maximum atomic E-state index is 13.9. The lowest BCUT2D eigenvalue weighted by Crippen LogP contribution is -2.66. The smallest absolute Gasteiger partial charge is 0.303 e. The van der Waals surface area contributed by atoms with E-state index in [-0.39, 0.29) is 69.2 Å². The lowest BCUT2D eigenvalue weighted by molar-refractivity contribution is -0.200. The van der Waals surface area contributed by atoms with Crippen LogP contribution in [0.3, 0.4) is 0 Å². The van der Waals surface area contributed by atoms with Gasteiger partial charge in [-0.2, -0.15) is 0 Å². The van der Waals surface area contributed by atoms with Crippen molar-refractivity contribution >= 4 is 17.5 Å². The van der Waals surface area contributed by atoms with Gasteiger partial charge in [0.25, 0.3) is 0 Å². The van der Waals surface area contributed by atoms with Gasteiger partial charge in [0.2, 0.25) is 0 Å². The van der Waals surface area contributed by atoms with E-state index in [0.29, 0.717) is 25.7 Å². The first-order valence-electron chi connectivity index (χ1n) is 12.7. The Labute approximate surface area is 192 Å². The summed E-state index contributed by atoms with van der Waals surface area (Å²) in [7, 11) is 0. The minimum atomic E-state index is -0.772. The highest BCUT2D eigenvalue weighted by molar-refractivity contribution is 5.94. The van der Waals surface area contributed by atoms with Gasteiger partial charge in [-0.3, -0.25) is 14.4 Å². The topological polar surface area (TPSA) is 91.7 Å². The molecule has 4 fully saturated rings. The van der Waals surface area contributed by atoms with E-state index in [2.05, 4.69) is 41.5 Å². The highest BCUT2D eigenvalue weighted by Gasteiger charge is 2.72. The Morgan fingerprint density at radius 1 is 1.00 bits per heavy atom. The van der Waals surface area contributed by atoms with Gasteiger partial charge in [0.05, 0.1) is 6.10 Å². The fourth-order valence-corrected chi connectivity index (χ4v) is 9.38. The third kappa shape index (κ3) is 3.02. The van der Waals surface area contributed by atoms with Gasteiger partial charge in [0.1, 0.15) is 11.6 Å². The predicted octanol–water partition coefficient (Wildman–Crippen LogP) is 4.89. The highest BCUT2D eigenvalue weighted by atomic mass is 16.4. The number of ketones is 2. The zero-order valence-electron chi connectivity index (χ0n) is 20.7. The molecule has 4 rings (SSSR count). The summed E-state index contributed by atoms with van der Waals surface area (Å²) in [4.78, 5) is 38.9. The van der Waals surface area contributed by atoms with Gasteiger partial charge in [-0.25, -0.2) is 0 Å². The summed E-state index contributed by atoms with van der Waals surface area (Å²) in [6.07, 6.45) is 4.66. The number of carbonyl (C=O) groups is 3. The Hall–Kier alpha value is -1.23. The second-order valence-corrected chi connectivity index (χ2v) is 13.1. The van der Waals surface area contributed by atoms with Crippen molar-refractivity contribution in [2.24, 2.45) is 51.2 Å². The normalized spacial score (nSPS) is 48.5. The van der Waals surface area contributed by atoms with E-state index in [4.69, 9.17) is 5.11 Å². The van der Waals surface area contributed by atoms with Gasteiger partial charge < -0.3 is 10.2 Å². The number of aliphatic hydroxyl groups excluding tert-OH is 1. The molecule has 0 aromatic heterocycles. The molecule has 180 valence electrons. The lowest BCUT2D eigenvalue weighted by Gasteiger charge is -2.65. The van der Waals surface area contributed by atoms with Crippen LogP contribution in [0.1, 0.15) is 92.9 Å². The van der Waals surface area contributed by atoms with Crippen molar-refractivity contribution < 1.29 is 24.6 Å². The minimum Gasteiger partial charge on any atom is -0.481 e. The van der Waals surface area contributed by atoms with Crippen LogP contribution < -0.4 is 0 Å². The average Bonchev–Trinajstić information content (AvgIpc) is 2.96. The number of hydrogen-bond acceptors (Lipinski definition) is 4. The third-order valence-corrected chi connectivity index (χ3v) is 11.5. The first-order valence-corrected chi connectivity index (χ1v) is 12.7. The molecule has 0 saturated heterocycles. The van der Waals surface area contributed by atoms with E-state index in [9.17, 15) is 19.5 Å². The van der Waals surface area contributed by atoms with Crippen LogP contribution >= 0.6 is 0 Å². The fourth-order valence-electron chi connectivity index (χ4n) is 9.38. The lowest BCUT2D eigenvalue weighted by atomic mass is 9.37. The molecule has 0 aromatic carbocycles. The SMILES string of the molecule is C[C@H](CCC(=O)O)[C@H]1CC[C@@]2(C)[C@@H]3C(=O)C[C@@H]4C(C)(C)[C@@H](O)CC[C@]4(C)[C@H]3C(=O)C[C@]12C. The second-order valence-electron chi connectivity index (χ2n) is 13.1. The number of aliphatic carboxylic acids is 1. The molecule has 0 aromatic rings. The molecule has 0 radical (unpaired) electrons.